The Morgan fingerprint density at radius 1 is 1.08 bits per heavy atom. The van der Waals surface area contributed by atoms with E-state index < -0.39 is 17.6 Å². The molecule has 2 atom stereocenters. The number of rotatable bonds is 12. The highest BCUT2D eigenvalue weighted by Crippen LogP contribution is 2.44. The summed E-state index contributed by atoms with van der Waals surface area (Å²) in [5.74, 6) is 0.966. The zero-order chi connectivity index (χ0) is 27.7. The van der Waals surface area contributed by atoms with E-state index in [-0.39, 0.29) is 25.5 Å². The average molecular weight is 531 g/mol. The smallest absolute Gasteiger partial charge is 0.338 e. The van der Waals surface area contributed by atoms with Gasteiger partial charge in [0.1, 0.15) is 11.5 Å². The standard InChI is InChI=1S/C29H30N4O6/c1-36-25-10-5-9-21(17-25)26-29(28(35)37-2,18-22-7-3-4-8-23(22)19-31-33-30)32-27(39-26)20-11-13-24(14-12-20)38-16-6-15-34/h3-5,7-14,17,26,34H,6,15-16,18-19H2,1-2H3/t26-,29-/m1/s1. The molecule has 0 amide bonds. The second-order valence-corrected chi connectivity index (χ2v) is 8.89. The fourth-order valence-corrected chi connectivity index (χ4v) is 4.52. The Kier molecular flexibility index (Phi) is 9.04. The Bertz CT molecular complexity index is 1370. The van der Waals surface area contributed by atoms with Crippen molar-refractivity contribution in [3.8, 4) is 11.5 Å². The van der Waals surface area contributed by atoms with Crippen LogP contribution in [0.1, 0.15) is 34.8 Å². The molecule has 0 aromatic heterocycles. The number of hydrogen-bond donors (Lipinski definition) is 1. The summed E-state index contributed by atoms with van der Waals surface area (Å²) in [6.07, 6.45) is -0.157. The highest BCUT2D eigenvalue weighted by atomic mass is 16.5. The van der Waals surface area contributed by atoms with Crippen LogP contribution < -0.4 is 9.47 Å². The first-order valence-electron chi connectivity index (χ1n) is 12.4. The van der Waals surface area contributed by atoms with E-state index >= 15 is 0 Å². The van der Waals surface area contributed by atoms with Crippen molar-refractivity contribution in [1.82, 2.24) is 0 Å². The number of hydrogen-bond acceptors (Lipinski definition) is 8. The predicted molar refractivity (Wildman–Crippen MR) is 145 cm³/mol. The normalized spacial score (nSPS) is 17.9. The molecular formula is C29H30N4O6. The van der Waals surface area contributed by atoms with E-state index in [1.54, 1.807) is 31.4 Å². The van der Waals surface area contributed by atoms with Crippen LogP contribution in [0.5, 0.6) is 11.5 Å². The zero-order valence-corrected chi connectivity index (χ0v) is 21.8. The van der Waals surface area contributed by atoms with Gasteiger partial charge in [-0.05, 0) is 58.6 Å². The third-order valence-corrected chi connectivity index (χ3v) is 6.45. The molecule has 0 spiro atoms. The molecule has 1 N–H and O–H groups in total. The molecule has 10 heteroatoms. The molecule has 1 heterocycles. The van der Waals surface area contributed by atoms with Gasteiger partial charge in [-0.1, -0.05) is 41.5 Å². The van der Waals surface area contributed by atoms with Crippen molar-refractivity contribution in [2.75, 3.05) is 27.4 Å². The molecule has 202 valence electrons. The number of carbonyl (C=O) groups excluding carboxylic acids is 1. The van der Waals surface area contributed by atoms with Gasteiger partial charge in [0.25, 0.3) is 0 Å². The third kappa shape index (κ3) is 6.14. The maximum Gasteiger partial charge on any atom is 0.338 e. The van der Waals surface area contributed by atoms with Gasteiger partial charge in [-0.15, -0.1) is 0 Å². The van der Waals surface area contributed by atoms with Crippen molar-refractivity contribution in [2.24, 2.45) is 10.1 Å². The number of esters is 1. The number of aliphatic imine (C=N–C) groups is 1. The van der Waals surface area contributed by atoms with Crippen molar-refractivity contribution in [3.63, 3.8) is 0 Å². The molecule has 4 rings (SSSR count). The van der Waals surface area contributed by atoms with E-state index in [4.69, 9.17) is 34.6 Å². The van der Waals surface area contributed by atoms with E-state index in [1.807, 2.05) is 48.5 Å². The van der Waals surface area contributed by atoms with Crippen LogP contribution in [0.3, 0.4) is 0 Å². The molecule has 1 aliphatic heterocycles. The lowest BCUT2D eigenvalue weighted by atomic mass is 9.81. The zero-order valence-electron chi connectivity index (χ0n) is 21.8. The first-order chi connectivity index (χ1) is 19.0. The van der Waals surface area contributed by atoms with Crippen LogP contribution in [0.2, 0.25) is 0 Å². The van der Waals surface area contributed by atoms with Crippen molar-refractivity contribution in [2.45, 2.75) is 31.0 Å². The molecular weight excluding hydrogens is 500 g/mol. The molecule has 10 nitrogen and oxygen atoms in total. The van der Waals surface area contributed by atoms with E-state index in [1.165, 1.54) is 7.11 Å². The molecule has 0 radical (unpaired) electrons. The Hall–Kier alpha value is -4.53. The third-order valence-electron chi connectivity index (χ3n) is 6.45. The number of benzene rings is 3. The van der Waals surface area contributed by atoms with Crippen LogP contribution in [-0.2, 0) is 27.2 Å². The highest BCUT2D eigenvalue weighted by molar-refractivity contribution is 6.00. The van der Waals surface area contributed by atoms with Crippen LogP contribution in [0, 0.1) is 0 Å². The predicted octanol–water partition coefficient (Wildman–Crippen LogP) is 4.94. The van der Waals surface area contributed by atoms with Crippen LogP contribution >= 0.6 is 0 Å². The van der Waals surface area contributed by atoms with Crippen molar-refractivity contribution in [3.05, 3.63) is 105 Å². The summed E-state index contributed by atoms with van der Waals surface area (Å²) in [5.41, 5.74) is 10.3. The Labute approximate surface area is 226 Å². The number of carbonyl (C=O) groups is 1. The lowest BCUT2D eigenvalue weighted by Crippen LogP contribution is -2.44. The molecule has 3 aromatic carbocycles. The second kappa shape index (κ2) is 12.8. The number of methoxy groups -OCH3 is 2. The minimum absolute atomic E-state index is 0.0516. The first-order valence-corrected chi connectivity index (χ1v) is 12.4. The number of aliphatic hydroxyl groups excluding tert-OH is 1. The van der Waals surface area contributed by atoms with Gasteiger partial charge in [0.15, 0.2) is 6.10 Å². The van der Waals surface area contributed by atoms with Crippen molar-refractivity contribution >= 4 is 11.9 Å². The van der Waals surface area contributed by atoms with Gasteiger partial charge >= 0.3 is 5.97 Å². The van der Waals surface area contributed by atoms with Gasteiger partial charge in [0.05, 0.1) is 27.4 Å². The molecule has 0 saturated carbocycles. The summed E-state index contributed by atoms with van der Waals surface area (Å²) in [6, 6.07) is 21.9. The fourth-order valence-electron chi connectivity index (χ4n) is 4.52. The summed E-state index contributed by atoms with van der Waals surface area (Å²) >= 11 is 0. The van der Waals surface area contributed by atoms with Crippen LogP contribution in [-0.4, -0.2) is 49.9 Å². The molecule has 0 fully saturated rings. The van der Waals surface area contributed by atoms with Gasteiger partial charge in [-0.25, -0.2) is 9.79 Å². The van der Waals surface area contributed by atoms with E-state index in [2.05, 4.69) is 10.0 Å². The van der Waals surface area contributed by atoms with E-state index in [0.717, 1.165) is 11.1 Å². The molecule has 0 bridgehead atoms. The lowest BCUT2D eigenvalue weighted by molar-refractivity contribution is -0.150. The summed E-state index contributed by atoms with van der Waals surface area (Å²) in [6.45, 7) is 0.574. The van der Waals surface area contributed by atoms with Gasteiger partial charge in [0.2, 0.25) is 11.4 Å². The van der Waals surface area contributed by atoms with Crippen LogP contribution in [0.4, 0.5) is 0 Å². The molecule has 0 unspecified atom stereocenters. The monoisotopic (exact) mass is 530 g/mol. The minimum Gasteiger partial charge on any atom is -0.497 e. The van der Waals surface area contributed by atoms with Gasteiger partial charge in [-0.2, -0.15) is 0 Å². The van der Waals surface area contributed by atoms with Gasteiger partial charge < -0.3 is 24.1 Å². The Morgan fingerprint density at radius 2 is 1.85 bits per heavy atom. The molecule has 3 aromatic rings. The maximum atomic E-state index is 13.6. The number of nitrogens with zero attached hydrogens (tertiary/aromatic N) is 4. The van der Waals surface area contributed by atoms with E-state index in [0.29, 0.717) is 35.7 Å². The summed E-state index contributed by atoms with van der Waals surface area (Å²) in [5, 5.41) is 12.7. The minimum atomic E-state index is -1.47. The summed E-state index contributed by atoms with van der Waals surface area (Å²) in [7, 11) is 2.89. The molecule has 0 aliphatic carbocycles. The Balaban J connectivity index is 1.80. The largest absolute Gasteiger partial charge is 0.497 e. The van der Waals surface area contributed by atoms with Gasteiger partial charge in [-0.3, -0.25) is 0 Å². The van der Waals surface area contributed by atoms with Crippen molar-refractivity contribution < 1.29 is 28.8 Å². The second-order valence-electron chi connectivity index (χ2n) is 8.89. The molecule has 39 heavy (non-hydrogen) atoms. The average Bonchev–Trinajstić information content (AvgIpc) is 3.37. The lowest BCUT2D eigenvalue weighted by Gasteiger charge is -2.30. The summed E-state index contributed by atoms with van der Waals surface area (Å²) < 4.78 is 22.8. The van der Waals surface area contributed by atoms with Crippen LogP contribution in [0.15, 0.2) is 82.9 Å². The Morgan fingerprint density at radius 3 is 2.54 bits per heavy atom. The molecule has 0 saturated heterocycles. The quantitative estimate of drug-likeness (QED) is 0.116. The van der Waals surface area contributed by atoms with Crippen molar-refractivity contribution in [1.29, 1.82) is 0 Å². The number of aliphatic hydroxyl groups is 1. The number of ether oxygens (including phenoxy) is 4. The first kappa shape index (κ1) is 27.5. The van der Waals surface area contributed by atoms with Gasteiger partial charge in [0, 0.05) is 29.9 Å². The SMILES string of the molecule is COC(=O)[C@]1(Cc2ccccc2CN=[N+]=[N-])N=C(c2ccc(OCCCO)cc2)O[C@@H]1c1cccc(OC)c1. The van der Waals surface area contributed by atoms with Crippen LogP contribution in [0.25, 0.3) is 10.4 Å². The molecule has 1 aliphatic rings. The van der Waals surface area contributed by atoms with E-state index in [9.17, 15) is 4.79 Å². The maximum absolute atomic E-state index is 13.6. The topological polar surface area (TPSA) is 135 Å². The number of azide groups is 1. The summed E-state index contributed by atoms with van der Waals surface area (Å²) in [4.78, 5) is 21.4. The highest BCUT2D eigenvalue weighted by Gasteiger charge is 2.54. The fraction of sp³-hybridized carbons (Fsp3) is 0.310.